The van der Waals surface area contributed by atoms with Gasteiger partial charge in [0.15, 0.2) is 0 Å². The zero-order valence-corrected chi connectivity index (χ0v) is 14.4. The van der Waals surface area contributed by atoms with Crippen LogP contribution in [0.4, 0.5) is 4.79 Å². The van der Waals surface area contributed by atoms with Gasteiger partial charge in [0.1, 0.15) is 6.10 Å². The molecule has 0 heterocycles. The van der Waals surface area contributed by atoms with Crippen LogP contribution in [-0.2, 0) is 11.2 Å². The summed E-state index contributed by atoms with van der Waals surface area (Å²) < 4.78 is 4.95. The number of hydrogen-bond acceptors (Lipinski definition) is 3. The predicted molar refractivity (Wildman–Crippen MR) is 91.5 cm³/mol. The summed E-state index contributed by atoms with van der Waals surface area (Å²) in [4.78, 5) is 10.5. The maximum Gasteiger partial charge on any atom is 0.506 e. The Morgan fingerprint density at radius 1 is 1.26 bits per heavy atom. The fourth-order valence-electron chi connectivity index (χ4n) is 3.15. The fourth-order valence-corrected chi connectivity index (χ4v) is 3.15. The van der Waals surface area contributed by atoms with Crippen LogP contribution in [0.2, 0.25) is 0 Å². The average Bonchev–Trinajstić information content (AvgIpc) is 2.48. The number of hydrogen-bond donors (Lipinski definition) is 2. The summed E-state index contributed by atoms with van der Waals surface area (Å²) in [6.45, 7) is 6.68. The molecule has 0 amide bonds. The molecule has 4 nitrogen and oxygen atoms in total. The van der Waals surface area contributed by atoms with Gasteiger partial charge in [-0.25, -0.2) is 4.79 Å². The van der Waals surface area contributed by atoms with E-state index in [0.29, 0.717) is 17.8 Å². The standard InChI is InChI=1S/C11H20O3.C8H10O/c1-7(2)9-5-4-8(3)6-10(9)14-11(12)13;9-7-6-8-4-2-1-3-5-8/h7-10H,4-6H2,1-3H3,(H,12,13);1-5,9H,6-7H2. The van der Waals surface area contributed by atoms with Gasteiger partial charge in [-0.2, -0.15) is 0 Å². The van der Waals surface area contributed by atoms with Crippen LogP contribution in [0.15, 0.2) is 30.3 Å². The van der Waals surface area contributed by atoms with Crippen molar-refractivity contribution in [3.05, 3.63) is 35.9 Å². The highest BCUT2D eigenvalue weighted by atomic mass is 16.7. The lowest BCUT2D eigenvalue weighted by Crippen LogP contribution is -2.35. The Hall–Kier alpha value is -1.55. The number of aliphatic hydroxyl groups is 1. The smallest absolute Gasteiger partial charge is 0.450 e. The zero-order valence-electron chi connectivity index (χ0n) is 14.4. The maximum absolute atomic E-state index is 10.5. The van der Waals surface area contributed by atoms with Crippen LogP contribution < -0.4 is 0 Å². The van der Waals surface area contributed by atoms with Crippen molar-refractivity contribution >= 4 is 6.16 Å². The molecular weight excluding hydrogens is 292 g/mol. The molecule has 0 aromatic heterocycles. The molecule has 4 heteroatoms. The summed E-state index contributed by atoms with van der Waals surface area (Å²) in [5.74, 6) is 1.50. The van der Waals surface area contributed by atoms with Crippen molar-refractivity contribution in [2.24, 2.45) is 17.8 Å². The van der Waals surface area contributed by atoms with Crippen molar-refractivity contribution in [1.82, 2.24) is 0 Å². The van der Waals surface area contributed by atoms with E-state index in [1.54, 1.807) is 0 Å². The first kappa shape index (κ1) is 19.5. The summed E-state index contributed by atoms with van der Waals surface area (Å²) in [7, 11) is 0. The third-order valence-electron chi connectivity index (χ3n) is 4.46. The second-order valence-electron chi connectivity index (χ2n) is 6.71. The number of carboxylic acid groups (broad SMARTS) is 1. The summed E-state index contributed by atoms with van der Waals surface area (Å²) in [5, 5.41) is 17.1. The van der Waals surface area contributed by atoms with Crippen molar-refractivity contribution in [1.29, 1.82) is 0 Å². The normalized spacial score (nSPS) is 23.8. The molecule has 2 N–H and O–H groups in total. The molecule has 1 saturated carbocycles. The van der Waals surface area contributed by atoms with Crippen LogP contribution in [0.1, 0.15) is 45.6 Å². The highest BCUT2D eigenvalue weighted by molar-refractivity contribution is 5.57. The average molecular weight is 322 g/mol. The van der Waals surface area contributed by atoms with Crippen LogP contribution in [0.3, 0.4) is 0 Å². The number of ether oxygens (including phenoxy) is 1. The largest absolute Gasteiger partial charge is 0.506 e. The minimum atomic E-state index is -1.13. The quantitative estimate of drug-likeness (QED) is 0.808. The van der Waals surface area contributed by atoms with E-state index >= 15 is 0 Å². The molecule has 0 aliphatic heterocycles. The molecule has 0 saturated heterocycles. The molecular formula is C19H30O4. The molecule has 0 bridgehead atoms. The molecule has 1 aromatic carbocycles. The van der Waals surface area contributed by atoms with Crippen molar-refractivity contribution in [2.75, 3.05) is 6.61 Å². The molecule has 0 spiro atoms. The summed E-state index contributed by atoms with van der Waals surface area (Å²) in [6, 6.07) is 9.95. The molecule has 1 aliphatic carbocycles. The van der Waals surface area contributed by atoms with Gasteiger partial charge in [-0.1, -0.05) is 57.5 Å². The van der Waals surface area contributed by atoms with Crippen LogP contribution in [0.25, 0.3) is 0 Å². The van der Waals surface area contributed by atoms with Crippen LogP contribution in [0, 0.1) is 17.8 Å². The van der Waals surface area contributed by atoms with Crippen LogP contribution in [-0.4, -0.2) is 29.1 Å². The number of carbonyl (C=O) groups is 1. The van der Waals surface area contributed by atoms with Crippen LogP contribution in [0.5, 0.6) is 0 Å². The Morgan fingerprint density at radius 3 is 2.43 bits per heavy atom. The first-order valence-corrected chi connectivity index (χ1v) is 8.48. The number of benzene rings is 1. The van der Waals surface area contributed by atoms with E-state index in [4.69, 9.17) is 14.9 Å². The van der Waals surface area contributed by atoms with Crippen molar-refractivity contribution in [2.45, 2.75) is 52.6 Å². The topological polar surface area (TPSA) is 66.8 Å². The lowest BCUT2D eigenvalue weighted by Gasteiger charge is -2.35. The molecule has 0 radical (unpaired) electrons. The minimum absolute atomic E-state index is 0.0868. The van der Waals surface area contributed by atoms with Gasteiger partial charge < -0.3 is 14.9 Å². The lowest BCUT2D eigenvalue weighted by molar-refractivity contribution is -0.0174. The third-order valence-corrected chi connectivity index (χ3v) is 4.46. The van der Waals surface area contributed by atoms with Gasteiger partial charge in [0, 0.05) is 6.61 Å². The van der Waals surface area contributed by atoms with E-state index in [0.717, 1.165) is 19.3 Å². The molecule has 1 aromatic rings. The van der Waals surface area contributed by atoms with Crippen molar-refractivity contribution < 1.29 is 19.7 Å². The molecule has 130 valence electrons. The highest BCUT2D eigenvalue weighted by Gasteiger charge is 2.33. The molecule has 23 heavy (non-hydrogen) atoms. The van der Waals surface area contributed by atoms with E-state index in [1.807, 2.05) is 30.3 Å². The van der Waals surface area contributed by atoms with E-state index in [1.165, 1.54) is 12.0 Å². The number of aliphatic hydroxyl groups excluding tert-OH is 1. The summed E-state index contributed by atoms with van der Waals surface area (Å²) >= 11 is 0. The first-order chi connectivity index (χ1) is 10.9. The van der Waals surface area contributed by atoms with Gasteiger partial charge >= 0.3 is 6.16 Å². The highest BCUT2D eigenvalue weighted by Crippen LogP contribution is 2.35. The molecule has 3 atom stereocenters. The Balaban J connectivity index is 0.000000253. The van der Waals surface area contributed by atoms with Crippen LogP contribution >= 0.6 is 0 Å². The fraction of sp³-hybridized carbons (Fsp3) is 0.632. The van der Waals surface area contributed by atoms with Gasteiger partial charge in [-0.3, -0.25) is 0 Å². The second kappa shape index (κ2) is 10.3. The monoisotopic (exact) mass is 322 g/mol. The Kier molecular flexibility index (Phi) is 8.70. The Labute approximate surface area is 139 Å². The Morgan fingerprint density at radius 2 is 1.91 bits per heavy atom. The van der Waals surface area contributed by atoms with Gasteiger partial charge in [0.2, 0.25) is 0 Å². The predicted octanol–water partition coefficient (Wildman–Crippen LogP) is 4.36. The zero-order chi connectivity index (χ0) is 17.2. The minimum Gasteiger partial charge on any atom is -0.450 e. The van der Waals surface area contributed by atoms with Gasteiger partial charge in [0.25, 0.3) is 0 Å². The molecule has 1 aliphatic rings. The third kappa shape index (κ3) is 7.51. The first-order valence-electron chi connectivity index (χ1n) is 8.48. The van der Waals surface area contributed by atoms with Crippen molar-refractivity contribution in [3.63, 3.8) is 0 Å². The van der Waals surface area contributed by atoms with E-state index in [-0.39, 0.29) is 12.7 Å². The van der Waals surface area contributed by atoms with Crippen molar-refractivity contribution in [3.8, 4) is 0 Å². The van der Waals surface area contributed by atoms with Gasteiger partial charge in [-0.05, 0) is 42.6 Å². The summed E-state index contributed by atoms with van der Waals surface area (Å²) in [5.41, 5.74) is 1.19. The number of rotatable bonds is 4. The SMILES string of the molecule is CC1CCC(C(C)C)C(OC(=O)O)C1.OCCc1ccccc1. The summed E-state index contributed by atoms with van der Waals surface area (Å²) in [6.07, 6.45) is 2.72. The van der Waals surface area contributed by atoms with E-state index in [2.05, 4.69) is 20.8 Å². The maximum atomic E-state index is 10.5. The molecule has 1 fully saturated rings. The molecule has 2 rings (SSSR count). The molecule has 3 unspecified atom stereocenters. The van der Waals surface area contributed by atoms with E-state index in [9.17, 15) is 4.79 Å². The van der Waals surface area contributed by atoms with E-state index < -0.39 is 6.16 Å². The Bertz CT molecular complexity index is 444. The van der Waals surface area contributed by atoms with Gasteiger partial charge in [0.05, 0.1) is 0 Å². The lowest BCUT2D eigenvalue weighted by atomic mass is 9.75. The second-order valence-corrected chi connectivity index (χ2v) is 6.71. The van der Waals surface area contributed by atoms with Gasteiger partial charge in [-0.15, -0.1) is 0 Å².